The summed E-state index contributed by atoms with van der Waals surface area (Å²) in [6, 6.07) is 3.85. The van der Waals surface area contributed by atoms with Crippen molar-refractivity contribution >= 4 is 27.5 Å². The fourth-order valence-corrected chi connectivity index (χ4v) is 2.50. The molecule has 0 aliphatic heterocycles. The number of aryl methyl sites for hydroxylation is 1. The van der Waals surface area contributed by atoms with Gasteiger partial charge in [0.1, 0.15) is 4.83 Å². The molecule has 0 unspecified atom stereocenters. The van der Waals surface area contributed by atoms with Gasteiger partial charge in [0.05, 0.1) is 4.88 Å². The summed E-state index contributed by atoms with van der Waals surface area (Å²) in [6.45, 7) is 2.13. The Bertz CT molecular complexity index is 504. The van der Waals surface area contributed by atoms with Crippen LogP contribution in [0, 0.1) is 0 Å². The third-order valence-corrected chi connectivity index (χ3v) is 3.35. The standard InChI is InChI=1S/C11H12N2OS/c1-2-3-7-4-5-13-11-8(7)6-9(15-11)10(12)14/h4-6H,2-3H2,1H3,(H2,12,14). The monoisotopic (exact) mass is 220 g/mol. The van der Waals surface area contributed by atoms with Crippen molar-refractivity contribution in [2.45, 2.75) is 19.8 Å². The maximum Gasteiger partial charge on any atom is 0.258 e. The van der Waals surface area contributed by atoms with Gasteiger partial charge in [0, 0.05) is 11.6 Å². The van der Waals surface area contributed by atoms with Crippen molar-refractivity contribution in [2.75, 3.05) is 0 Å². The molecule has 0 aliphatic carbocycles. The molecule has 2 rings (SSSR count). The van der Waals surface area contributed by atoms with E-state index in [2.05, 4.69) is 11.9 Å². The fourth-order valence-electron chi connectivity index (χ4n) is 1.60. The number of hydrogen-bond donors (Lipinski definition) is 1. The number of aromatic nitrogens is 1. The van der Waals surface area contributed by atoms with Crippen LogP contribution in [0.2, 0.25) is 0 Å². The van der Waals surface area contributed by atoms with Crippen LogP contribution in [-0.4, -0.2) is 10.9 Å². The van der Waals surface area contributed by atoms with Crippen molar-refractivity contribution in [2.24, 2.45) is 5.73 Å². The quantitative estimate of drug-likeness (QED) is 0.863. The van der Waals surface area contributed by atoms with Crippen LogP contribution < -0.4 is 5.73 Å². The van der Waals surface area contributed by atoms with Gasteiger partial charge in [-0.25, -0.2) is 4.98 Å². The average Bonchev–Trinajstić information content (AvgIpc) is 2.63. The summed E-state index contributed by atoms with van der Waals surface area (Å²) in [4.78, 5) is 16.8. The second-order valence-corrected chi connectivity index (χ2v) is 4.44. The Labute approximate surface area is 91.9 Å². The molecule has 15 heavy (non-hydrogen) atoms. The average molecular weight is 220 g/mol. The molecule has 0 aromatic carbocycles. The van der Waals surface area contributed by atoms with Crippen molar-refractivity contribution in [3.05, 3.63) is 28.8 Å². The number of hydrogen-bond acceptors (Lipinski definition) is 3. The van der Waals surface area contributed by atoms with Crippen LogP contribution in [-0.2, 0) is 6.42 Å². The molecule has 0 saturated carbocycles. The third-order valence-electron chi connectivity index (χ3n) is 2.29. The largest absolute Gasteiger partial charge is 0.365 e. The van der Waals surface area contributed by atoms with Gasteiger partial charge >= 0.3 is 0 Å². The van der Waals surface area contributed by atoms with E-state index in [1.165, 1.54) is 16.9 Å². The molecule has 2 heterocycles. The van der Waals surface area contributed by atoms with Gasteiger partial charge in [-0.05, 0) is 24.1 Å². The predicted octanol–water partition coefficient (Wildman–Crippen LogP) is 2.35. The number of amides is 1. The van der Waals surface area contributed by atoms with Gasteiger partial charge in [-0.2, -0.15) is 0 Å². The second-order valence-electron chi connectivity index (χ2n) is 3.41. The summed E-state index contributed by atoms with van der Waals surface area (Å²) >= 11 is 1.36. The highest BCUT2D eigenvalue weighted by molar-refractivity contribution is 7.20. The van der Waals surface area contributed by atoms with Crippen LogP contribution in [0.15, 0.2) is 18.3 Å². The highest BCUT2D eigenvalue weighted by Gasteiger charge is 2.09. The molecule has 0 spiro atoms. The first-order chi connectivity index (χ1) is 7.22. The number of primary amides is 1. The number of nitrogens with two attached hydrogens (primary N) is 1. The molecule has 2 aromatic rings. The highest BCUT2D eigenvalue weighted by Crippen LogP contribution is 2.26. The van der Waals surface area contributed by atoms with E-state index in [0.29, 0.717) is 4.88 Å². The van der Waals surface area contributed by atoms with Crippen LogP contribution >= 0.6 is 11.3 Å². The molecule has 2 aromatic heterocycles. The lowest BCUT2D eigenvalue weighted by Gasteiger charge is -1.98. The first-order valence-electron chi connectivity index (χ1n) is 4.89. The molecule has 0 saturated heterocycles. The summed E-state index contributed by atoms with van der Waals surface area (Å²) in [7, 11) is 0. The van der Waals surface area contributed by atoms with E-state index in [1.807, 2.05) is 12.1 Å². The molecule has 0 bridgehead atoms. The smallest absolute Gasteiger partial charge is 0.258 e. The summed E-state index contributed by atoms with van der Waals surface area (Å²) < 4.78 is 0. The van der Waals surface area contributed by atoms with E-state index in [1.54, 1.807) is 6.20 Å². The van der Waals surface area contributed by atoms with Gasteiger partial charge in [-0.15, -0.1) is 11.3 Å². The predicted molar refractivity (Wildman–Crippen MR) is 62.1 cm³/mol. The zero-order chi connectivity index (χ0) is 10.8. The van der Waals surface area contributed by atoms with E-state index >= 15 is 0 Å². The summed E-state index contributed by atoms with van der Waals surface area (Å²) in [5, 5.41) is 1.07. The number of pyridine rings is 1. The molecule has 1 amide bonds. The van der Waals surface area contributed by atoms with Gasteiger partial charge in [0.25, 0.3) is 5.91 Å². The Kier molecular flexibility index (Phi) is 2.68. The van der Waals surface area contributed by atoms with Gasteiger partial charge < -0.3 is 5.73 Å². The lowest BCUT2D eigenvalue weighted by molar-refractivity contribution is 0.100. The van der Waals surface area contributed by atoms with E-state index in [0.717, 1.165) is 23.1 Å². The molecule has 0 atom stereocenters. The van der Waals surface area contributed by atoms with Crippen molar-refractivity contribution in [3.8, 4) is 0 Å². The molecule has 4 heteroatoms. The first kappa shape index (κ1) is 10.1. The maximum atomic E-state index is 11.0. The Hall–Kier alpha value is -1.42. The molecule has 2 N–H and O–H groups in total. The normalized spacial score (nSPS) is 10.7. The Balaban J connectivity index is 2.59. The summed E-state index contributed by atoms with van der Waals surface area (Å²) in [5.74, 6) is -0.375. The van der Waals surface area contributed by atoms with Gasteiger partial charge in [0.15, 0.2) is 0 Å². The SMILES string of the molecule is CCCc1ccnc2sc(C(N)=O)cc12. The van der Waals surface area contributed by atoms with E-state index in [9.17, 15) is 4.79 Å². The molecule has 78 valence electrons. The summed E-state index contributed by atoms with van der Waals surface area (Å²) in [5.41, 5.74) is 6.49. The fraction of sp³-hybridized carbons (Fsp3) is 0.273. The van der Waals surface area contributed by atoms with Crippen LogP contribution in [0.4, 0.5) is 0 Å². The topological polar surface area (TPSA) is 56.0 Å². The number of nitrogens with zero attached hydrogens (tertiary/aromatic N) is 1. The summed E-state index contributed by atoms with van der Waals surface area (Å²) in [6.07, 6.45) is 3.88. The van der Waals surface area contributed by atoms with E-state index in [-0.39, 0.29) is 5.91 Å². The maximum absolute atomic E-state index is 11.0. The van der Waals surface area contributed by atoms with Gasteiger partial charge in [0.2, 0.25) is 0 Å². The van der Waals surface area contributed by atoms with Crippen molar-refractivity contribution in [1.29, 1.82) is 0 Å². The third kappa shape index (κ3) is 1.85. The van der Waals surface area contributed by atoms with E-state index in [4.69, 9.17) is 5.73 Å². The molecule has 3 nitrogen and oxygen atoms in total. The highest BCUT2D eigenvalue weighted by atomic mass is 32.1. The number of carbonyl (C=O) groups excluding carboxylic acids is 1. The minimum Gasteiger partial charge on any atom is -0.365 e. The van der Waals surface area contributed by atoms with Crippen LogP contribution in [0.1, 0.15) is 28.6 Å². The Morgan fingerprint density at radius 3 is 3.07 bits per heavy atom. The Morgan fingerprint density at radius 2 is 2.40 bits per heavy atom. The number of thiophene rings is 1. The van der Waals surface area contributed by atoms with Gasteiger partial charge in [-0.3, -0.25) is 4.79 Å². The molecule has 0 fully saturated rings. The first-order valence-corrected chi connectivity index (χ1v) is 5.71. The van der Waals surface area contributed by atoms with E-state index < -0.39 is 0 Å². The van der Waals surface area contributed by atoms with Crippen LogP contribution in [0.3, 0.4) is 0 Å². The number of fused-ring (bicyclic) bond motifs is 1. The minimum atomic E-state index is -0.375. The van der Waals surface area contributed by atoms with Crippen molar-refractivity contribution < 1.29 is 4.79 Å². The molecular formula is C11H12N2OS. The Morgan fingerprint density at radius 1 is 1.60 bits per heavy atom. The molecular weight excluding hydrogens is 208 g/mol. The second kappa shape index (κ2) is 3.98. The van der Waals surface area contributed by atoms with Crippen LogP contribution in [0.25, 0.3) is 10.2 Å². The minimum absolute atomic E-state index is 0.375. The number of rotatable bonds is 3. The zero-order valence-corrected chi connectivity index (χ0v) is 9.30. The van der Waals surface area contributed by atoms with Crippen LogP contribution in [0.5, 0.6) is 0 Å². The zero-order valence-electron chi connectivity index (χ0n) is 8.49. The number of carbonyl (C=O) groups is 1. The van der Waals surface area contributed by atoms with Crippen molar-refractivity contribution in [3.63, 3.8) is 0 Å². The lowest BCUT2D eigenvalue weighted by atomic mass is 10.1. The van der Waals surface area contributed by atoms with Gasteiger partial charge in [-0.1, -0.05) is 13.3 Å². The molecule has 0 aliphatic rings. The van der Waals surface area contributed by atoms with Crippen molar-refractivity contribution in [1.82, 2.24) is 4.98 Å². The molecule has 0 radical (unpaired) electrons. The lowest BCUT2D eigenvalue weighted by Crippen LogP contribution is -2.08.